The van der Waals surface area contributed by atoms with Gasteiger partial charge in [0.15, 0.2) is 6.29 Å². The van der Waals surface area contributed by atoms with Crippen LogP contribution in [0, 0.1) is 6.92 Å². The number of aryl methyl sites for hydroxylation is 1. The molecule has 3 rings (SSSR count). The molecule has 4 heteroatoms. The van der Waals surface area contributed by atoms with E-state index in [0.29, 0.717) is 17.6 Å². The van der Waals surface area contributed by atoms with Crippen molar-refractivity contribution in [1.82, 2.24) is 4.98 Å². The minimum Gasteiger partial charge on any atom is -0.393 e. The van der Waals surface area contributed by atoms with Crippen LogP contribution in [-0.2, 0) is 0 Å². The monoisotopic (exact) mass is 246 g/mol. The topological polar surface area (TPSA) is 53.4 Å². The molecule has 4 nitrogen and oxygen atoms in total. The quantitative estimate of drug-likeness (QED) is 0.807. The number of carbonyl (C=O) groups is 1. The third-order valence-corrected chi connectivity index (χ3v) is 4.16. The molecule has 0 aliphatic carbocycles. The van der Waals surface area contributed by atoms with Gasteiger partial charge in [-0.25, -0.2) is 4.98 Å². The van der Waals surface area contributed by atoms with Gasteiger partial charge >= 0.3 is 0 Å². The molecule has 1 aromatic rings. The SMILES string of the molecule is Cc1cc(C=O)cnc1N1C2CCC1CC(O)C2. The molecule has 0 aromatic carbocycles. The van der Waals surface area contributed by atoms with Crippen molar-refractivity contribution in [3.63, 3.8) is 0 Å². The number of aldehydes is 1. The second-order valence-electron chi connectivity index (χ2n) is 5.44. The van der Waals surface area contributed by atoms with E-state index < -0.39 is 0 Å². The largest absolute Gasteiger partial charge is 0.393 e. The van der Waals surface area contributed by atoms with E-state index in [0.717, 1.165) is 43.4 Å². The first-order chi connectivity index (χ1) is 8.69. The summed E-state index contributed by atoms with van der Waals surface area (Å²) in [5, 5.41) is 9.81. The van der Waals surface area contributed by atoms with E-state index in [1.54, 1.807) is 6.20 Å². The van der Waals surface area contributed by atoms with Crippen molar-refractivity contribution in [2.45, 2.75) is 50.8 Å². The molecule has 2 aliphatic rings. The average Bonchev–Trinajstić information content (AvgIpc) is 2.61. The fourth-order valence-electron chi connectivity index (χ4n) is 3.42. The smallest absolute Gasteiger partial charge is 0.151 e. The molecular weight excluding hydrogens is 228 g/mol. The molecule has 0 radical (unpaired) electrons. The number of hydrogen-bond acceptors (Lipinski definition) is 4. The molecular formula is C14H18N2O2. The highest BCUT2D eigenvalue weighted by Gasteiger charge is 2.41. The minimum atomic E-state index is -0.159. The van der Waals surface area contributed by atoms with Crippen molar-refractivity contribution >= 4 is 12.1 Å². The van der Waals surface area contributed by atoms with E-state index in [-0.39, 0.29) is 6.10 Å². The molecule has 2 saturated heterocycles. The Morgan fingerprint density at radius 2 is 2.06 bits per heavy atom. The number of aliphatic hydroxyl groups is 1. The highest BCUT2D eigenvalue weighted by molar-refractivity contribution is 5.75. The van der Waals surface area contributed by atoms with E-state index in [2.05, 4.69) is 9.88 Å². The third kappa shape index (κ3) is 1.81. The number of aliphatic hydroxyl groups excluding tert-OH is 1. The number of piperidine rings is 1. The van der Waals surface area contributed by atoms with E-state index in [1.807, 2.05) is 13.0 Å². The lowest BCUT2D eigenvalue weighted by molar-refractivity contribution is 0.112. The third-order valence-electron chi connectivity index (χ3n) is 4.16. The van der Waals surface area contributed by atoms with Crippen molar-refractivity contribution in [3.05, 3.63) is 23.4 Å². The molecule has 3 heterocycles. The number of anilines is 1. The van der Waals surface area contributed by atoms with Crippen LogP contribution in [0.15, 0.2) is 12.3 Å². The number of fused-ring (bicyclic) bond motifs is 2. The van der Waals surface area contributed by atoms with Gasteiger partial charge in [-0.15, -0.1) is 0 Å². The highest BCUT2D eigenvalue weighted by atomic mass is 16.3. The molecule has 2 bridgehead atoms. The second-order valence-corrected chi connectivity index (χ2v) is 5.44. The summed E-state index contributed by atoms with van der Waals surface area (Å²) < 4.78 is 0. The zero-order valence-corrected chi connectivity index (χ0v) is 10.5. The summed E-state index contributed by atoms with van der Waals surface area (Å²) >= 11 is 0. The average molecular weight is 246 g/mol. The maximum atomic E-state index is 10.7. The zero-order chi connectivity index (χ0) is 12.7. The first-order valence-corrected chi connectivity index (χ1v) is 6.57. The highest BCUT2D eigenvalue weighted by Crippen LogP contribution is 2.39. The molecule has 96 valence electrons. The Kier molecular flexibility index (Phi) is 2.82. The van der Waals surface area contributed by atoms with Crippen molar-refractivity contribution in [2.24, 2.45) is 0 Å². The van der Waals surface area contributed by atoms with Crippen LogP contribution in [-0.4, -0.2) is 34.6 Å². The summed E-state index contributed by atoms with van der Waals surface area (Å²) in [5.41, 5.74) is 1.67. The van der Waals surface area contributed by atoms with Crippen molar-refractivity contribution in [1.29, 1.82) is 0 Å². The predicted molar refractivity (Wildman–Crippen MR) is 68.9 cm³/mol. The lowest BCUT2D eigenvalue weighted by atomic mass is 9.99. The standard InChI is InChI=1S/C14H18N2O2/c1-9-4-10(8-17)7-15-14(9)16-11-2-3-12(16)6-13(18)5-11/h4,7-8,11-13,18H,2-3,5-6H2,1H3. The molecule has 2 aliphatic heterocycles. The maximum absolute atomic E-state index is 10.7. The Hall–Kier alpha value is -1.42. The van der Waals surface area contributed by atoms with Crippen LogP contribution in [0.3, 0.4) is 0 Å². The Labute approximate surface area is 107 Å². The summed E-state index contributed by atoms with van der Waals surface area (Å²) in [6.45, 7) is 2.00. The van der Waals surface area contributed by atoms with E-state index in [9.17, 15) is 9.90 Å². The zero-order valence-electron chi connectivity index (χ0n) is 10.5. The molecule has 1 aromatic heterocycles. The molecule has 0 amide bonds. The number of hydrogen-bond donors (Lipinski definition) is 1. The van der Waals surface area contributed by atoms with Gasteiger partial charge in [0.2, 0.25) is 0 Å². The first-order valence-electron chi connectivity index (χ1n) is 6.57. The fourth-order valence-corrected chi connectivity index (χ4v) is 3.42. The van der Waals surface area contributed by atoms with Gasteiger partial charge in [-0.05, 0) is 44.2 Å². The van der Waals surface area contributed by atoms with Gasteiger partial charge in [-0.3, -0.25) is 4.79 Å². The summed E-state index contributed by atoms with van der Waals surface area (Å²) in [5.74, 6) is 0.986. The fraction of sp³-hybridized carbons (Fsp3) is 0.571. The summed E-state index contributed by atoms with van der Waals surface area (Å²) in [6, 6.07) is 2.71. The number of carbonyl (C=O) groups excluding carboxylic acids is 1. The van der Waals surface area contributed by atoms with Crippen LogP contribution >= 0.6 is 0 Å². The van der Waals surface area contributed by atoms with Gasteiger partial charge in [0.1, 0.15) is 5.82 Å². The number of nitrogens with zero attached hydrogens (tertiary/aromatic N) is 2. The van der Waals surface area contributed by atoms with Crippen LogP contribution in [0.1, 0.15) is 41.6 Å². The van der Waals surface area contributed by atoms with E-state index in [1.165, 1.54) is 0 Å². The summed E-state index contributed by atoms with van der Waals surface area (Å²) in [7, 11) is 0. The van der Waals surface area contributed by atoms with Gasteiger partial charge in [-0.1, -0.05) is 0 Å². The second kappa shape index (κ2) is 4.35. The normalized spacial score (nSPS) is 30.6. The molecule has 2 fully saturated rings. The Morgan fingerprint density at radius 1 is 1.39 bits per heavy atom. The lowest BCUT2D eigenvalue weighted by Crippen LogP contribution is -2.45. The van der Waals surface area contributed by atoms with Crippen LogP contribution in [0.2, 0.25) is 0 Å². The van der Waals surface area contributed by atoms with Crippen LogP contribution in [0.5, 0.6) is 0 Å². The molecule has 18 heavy (non-hydrogen) atoms. The number of rotatable bonds is 2. The Bertz CT molecular complexity index is 461. The summed E-state index contributed by atoms with van der Waals surface area (Å²) in [6.07, 6.45) is 6.27. The Balaban J connectivity index is 1.94. The molecule has 2 atom stereocenters. The van der Waals surface area contributed by atoms with Gasteiger partial charge in [0.05, 0.1) is 6.10 Å². The van der Waals surface area contributed by atoms with Gasteiger partial charge in [0, 0.05) is 23.8 Å². The van der Waals surface area contributed by atoms with Crippen LogP contribution < -0.4 is 4.90 Å². The first kappa shape index (κ1) is 11.7. The van der Waals surface area contributed by atoms with Crippen LogP contribution in [0.4, 0.5) is 5.82 Å². The lowest BCUT2D eigenvalue weighted by Gasteiger charge is -2.38. The van der Waals surface area contributed by atoms with E-state index >= 15 is 0 Å². The van der Waals surface area contributed by atoms with Crippen molar-refractivity contribution in [2.75, 3.05) is 4.90 Å². The maximum Gasteiger partial charge on any atom is 0.151 e. The van der Waals surface area contributed by atoms with Crippen molar-refractivity contribution < 1.29 is 9.90 Å². The molecule has 1 N–H and O–H groups in total. The van der Waals surface area contributed by atoms with Gasteiger partial charge < -0.3 is 10.0 Å². The number of pyridine rings is 1. The molecule has 0 saturated carbocycles. The van der Waals surface area contributed by atoms with Gasteiger partial charge in [0.25, 0.3) is 0 Å². The van der Waals surface area contributed by atoms with E-state index in [4.69, 9.17) is 0 Å². The van der Waals surface area contributed by atoms with Gasteiger partial charge in [-0.2, -0.15) is 0 Å². The molecule has 0 spiro atoms. The minimum absolute atomic E-state index is 0.159. The van der Waals surface area contributed by atoms with Crippen molar-refractivity contribution in [3.8, 4) is 0 Å². The predicted octanol–water partition coefficient (Wildman–Crippen LogP) is 1.69. The van der Waals surface area contributed by atoms with Crippen LogP contribution in [0.25, 0.3) is 0 Å². The summed E-state index contributed by atoms with van der Waals surface area (Å²) in [4.78, 5) is 17.6. The molecule has 2 unspecified atom stereocenters. The Morgan fingerprint density at radius 3 is 2.61 bits per heavy atom. The number of aromatic nitrogens is 1.